The minimum Gasteiger partial charge on any atom is -0.344 e. The van der Waals surface area contributed by atoms with E-state index in [2.05, 4.69) is 16.0 Å². The zero-order valence-electron chi connectivity index (χ0n) is 15.8. The molecule has 0 radical (unpaired) electrons. The van der Waals surface area contributed by atoms with Crippen LogP contribution in [0, 0.1) is 11.8 Å². The van der Waals surface area contributed by atoms with E-state index in [0.29, 0.717) is 11.4 Å². The third-order valence-electron chi connectivity index (χ3n) is 4.70. The number of anilines is 2. The van der Waals surface area contributed by atoms with Crippen molar-refractivity contribution < 1.29 is 14.4 Å². The number of benzene rings is 1. The summed E-state index contributed by atoms with van der Waals surface area (Å²) in [6.07, 6.45) is 5.16. The Hall–Kier alpha value is -2.37. The average Bonchev–Trinajstić information content (AvgIpc) is 2.61. The monoisotopic (exact) mass is 359 g/mol. The van der Waals surface area contributed by atoms with Crippen LogP contribution in [0.15, 0.2) is 24.3 Å². The van der Waals surface area contributed by atoms with Crippen LogP contribution in [0.5, 0.6) is 0 Å². The Morgan fingerprint density at radius 3 is 1.96 bits per heavy atom. The fourth-order valence-electron chi connectivity index (χ4n) is 3.23. The van der Waals surface area contributed by atoms with Crippen LogP contribution in [-0.4, -0.2) is 23.8 Å². The summed E-state index contributed by atoms with van der Waals surface area (Å²) in [5, 5.41) is 8.46. The predicted molar refractivity (Wildman–Crippen MR) is 103 cm³/mol. The second-order valence-corrected chi connectivity index (χ2v) is 7.31. The van der Waals surface area contributed by atoms with Crippen molar-refractivity contribution in [3.05, 3.63) is 24.3 Å². The molecule has 3 amide bonds. The topological polar surface area (TPSA) is 87.3 Å². The molecule has 0 aromatic heterocycles. The maximum Gasteiger partial charge on any atom is 0.247 e. The third kappa shape index (κ3) is 5.86. The lowest BCUT2D eigenvalue weighted by Gasteiger charge is -2.26. The Labute approximate surface area is 155 Å². The number of rotatable bonds is 6. The summed E-state index contributed by atoms with van der Waals surface area (Å²) >= 11 is 0. The molecule has 1 unspecified atom stereocenters. The number of amides is 3. The van der Waals surface area contributed by atoms with E-state index in [1.807, 2.05) is 13.8 Å². The zero-order chi connectivity index (χ0) is 19.1. The highest BCUT2D eigenvalue weighted by Gasteiger charge is 2.28. The first-order chi connectivity index (χ1) is 12.4. The Kier molecular flexibility index (Phi) is 7.18. The summed E-state index contributed by atoms with van der Waals surface area (Å²) in [5.41, 5.74) is 1.29. The molecule has 6 nitrogen and oxygen atoms in total. The van der Waals surface area contributed by atoms with Crippen molar-refractivity contribution in [2.24, 2.45) is 11.8 Å². The van der Waals surface area contributed by atoms with Gasteiger partial charge in [-0.3, -0.25) is 14.4 Å². The highest BCUT2D eigenvalue weighted by molar-refractivity contribution is 5.98. The molecule has 6 heteroatoms. The van der Waals surface area contributed by atoms with E-state index in [1.54, 1.807) is 24.3 Å². The van der Waals surface area contributed by atoms with Gasteiger partial charge in [-0.25, -0.2) is 0 Å². The lowest BCUT2D eigenvalue weighted by Crippen LogP contribution is -2.49. The van der Waals surface area contributed by atoms with Gasteiger partial charge in [0.25, 0.3) is 0 Å². The first kappa shape index (κ1) is 19.9. The summed E-state index contributed by atoms with van der Waals surface area (Å²) in [7, 11) is 0. The molecule has 1 aromatic rings. The number of carbonyl (C=O) groups excluding carboxylic acids is 3. The highest BCUT2D eigenvalue weighted by Crippen LogP contribution is 2.24. The van der Waals surface area contributed by atoms with Gasteiger partial charge in [0.05, 0.1) is 0 Å². The fourth-order valence-corrected chi connectivity index (χ4v) is 3.23. The van der Waals surface area contributed by atoms with Gasteiger partial charge in [-0.1, -0.05) is 33.1 Å². The predicted octanol–water partition coefficient (Wildman–Crippen LogP) is 3.30. The van der Waals surface area contributed by atoms with E-state index < -0.39 is 6.04 Å². The molecule has 1 aliphatic carbocycles. The molecule has 1 saturated carbocycles. The lowest BCUT2D eigenvalue weighted by molar-refractivity contribution is -0.130. The van der Waals surface area contributed by atoms with Gasteiger partial charge in [0.15, 0.2) is 0 Å². The number of nitrogens with one attached hydrogen (secondary N) is 3. The van der Waals surface area contributed by atoms with Crippen molar-refractivity contribution in [3.63, 3.8) is 0 Å². The largest absolute Gasteiger partial charge is 0.344 e. The summed E-state index contributed by atoms with van der Waals surface area (Å²) < 4.78 is 0. The molecular formula is C20H29N3O3. The van der Waals surface area contributed by atoms with E-state index in [-0.39, 0.29) is 29.6 Å². The maximum atomic E-state index is 12.6. The Morgan fingerprint density at radius 2 is 1.46 bits per heavy atom. The molecule has 0 heterocycles. The van der Waals surface area contributed by atoms with Crippen molar-refractivity contribution in [2.75, 3.05) is 10.6 Å². The van der Waals surface area contributed by atoms with Gasteiger partial charge in [0.1, 0.15) is 6.04 Å². The third-order valence-corrected chi connectivity index (χ3v) is 4.70. The smallest absolute Gasteiger partial charge is 0.247 e. The van der Waals surface area contributed by atoms with Crippen LogP contribution in [0.1, 0.15) is 52.9 Å². The minimum atomic E-state index is -0.570. The van der Waals surface area contributed by atoms with Crippen LogP contribution in [0.3, 0.4) is 0 Å². The highest BCUT2D eigenvalue weighted by atomic mass is 16.2. The van der Waals surface area contributed by atoms with Gasteiger partial charge in [0, 0.05) is 24.2 Å². The first-order valence-electron chi connectivity index (χ1n) is 9.35. The van der Waals surface area contributed by atoms with Crippen molar-refractivity contribution in [1.29, 1.82) is 0 Å². The molecule has 0 bridgehead atoms. The Balaban J connectivity index is 1.96. The minimum absolute atomic E-state index is 0.0128. The van der Waals surface area contributed by atoms with Gasteiger partial charge in [-0.2, -0.15) is 0 Å². The average molecular weight is 359 g/mol. The standard InChI is InChI=1S/C20H29N3O3/c1-13(2)18(23-19(25)15-7-5-4-6-8-15)20(26)22-17-11-9-16(10-12-17)21-14(3)24/h9-13,15,18H,4-8H2,1-3H3,(H,21,24)(H,22,26)(H,23,25). The van der Waals surface area contributed by atoms with Gasteiger partial charge in [-0.05, 0) is 43.0 Å². The Morgan fingerprint density at radius 1 is 0.923 bits per heavy atom. The summed E-state index contributed by atoms with van der Waals surface area (Å²) in [4.78, 5) is 36.2. The van der Waals surface area contributed by atoms with E-state index in [9.17, 15) is 14.4 Å². The number of hydrogen-bond acceptors (Lipinski definition) is 3. The van der Waals surface area contributed by atoms with E-state index in [1.165, 1.54) is 13.3 Å². The van der Waals surface area contributed by atoms with Crippen molar-refractivity contribution in [1.82, 2.24) is 5.32 Å². The molecule has 0 spiro atoms. The van der Waals surface area contributed by atoms with Crippen molar-refractivity contribution >= 4 is 29.1 Å². The first-order valence-corrected chi connectivity index (χ1v) is 9.35. The number of carbonyl (C=O) groups is 3. The molecule has 1 atom stereocenters. The van der Waals surface area contributed by atoms with Crippen molar-refractivity contribution in [3.8, 4) is 0 Å². The molecule has 1 aliphatic rings. The molecule has 142 valence electrons. The van der Waals surface area contributed by atoms with Crippen molar-refractivity contribution in [2.45, 2.75) is 58.9 Å². The molecular weight excluding hydrogens is 330 g/mol. The van der Waals surface area contributed by atoms with Crippen LogP contribution in [-0.2, 0) is 14.4 Å². The van der Waals surface area contributed by atoms with Crippen LogP contribution in [0.25, 0.3) is 0 Å². The fraction of sp³-hybridized carbons (Fsp3) is 0.550. The summed E-state index contributed by atoms with van der Waals surface area (Å²) in [5.74, 6) is -0.376. The van der Waals surface area contributed by atoms with Crippen LogP contribution in [0.2, 0.25) is 0 Å². The second-order valence-electron chi connectivity index (χ2n) is 7.31. The summed E-state index contributed by atoms with van der Waals surface area (Å²) in [6, 6.07) is 6.33. The van der Waals surface area contributed by atoms with Gasteiger partial charge >= 0.3 is 0 Å². The van der Waals surface area contributed by atoms with Crippen LogP contribution >= 0.6 is 0 Å². The second kappa shape index (κ2) is 9.36. The maximum absolute atomic E-state index is 12.6. The van der Waals surface area contributed by atoms with Gasteiger partial charge in [-0.15, -0.1) is 0 Å². The molecule has 0 aliphatic heterocycles. The lowest BCUT2D eigenvalue weighted by atomic mass is 9.88. The molecule has 1 fully saturated rings. The molecule has 26 heavy (non-hydrogen) atoms. The molecule has 3 N–H and O–H groups in total. The van der Waals surface area contributed by atoms with E-state index in [4.69, 9.17) is 0 Å². The molecule has 0 saturated heterocycles. The summed E-state index contributed by atoms with van der Waals surface area (Å²) in [6.45, 7) is 5.29. The molecule has 1 aromatic carbocycles. The van der Waals surface area contributed by atoms with Gasteiger partial charge in [0.2, 0.25) is 17.7 Å². The van der Waals surface area contributed by atoms with E-state index >= 15 is 0 Å². The van der Waals surface area contributed by atoms with E-state index in [0.717, 1.165) is 25.7 Å². The molecule has 2 rings (SSSR count). The van der Waals surface area contributed by atoms with Gasteiger partial charge < -0.3 is 16.0 Å². The Bertz CT molecular complexity index is 634. The van der Waals surface area contributed by atoms with Crippen LogP contribution < -0.4 is 16.0 Å². The number of hydrogen-bond donors (Lipinski definition) is 3. The zero-order valence-corrected chi connectivity index (χ0v) is 15.8. The SMILES string of the molecule is CC(=O)Nc1ccc(NC(=O)C(NC(=O)C2CCCCC2)C(C)C)cc1. The van der Waals surface area contributed by atoms with Crippen LogP contribution in [0.4, 0.5) is 11.4 Å². The quantitative estimate of drug-likeness (QED) is 0.728. The normalized spacial score (nSPS) is 16.0.